The Bertz CT molecular complexity index is 725. The second-order valence-corrected chi connectivity index (χ2v) is 6.39. The van der Waals surface area contributed by atoms with E-state index in [0.717, 1.165) is 24.2 Å². The van der Waals surface area contributed by atoms with E-state index in [1.54, 1.807) is 17.0 Å². The van der Waals surface area contributed by atoms with Gasteiger partial charge in [0.05, 0.1) is 19.3 Å². The number of likely N-dealkylation sites (tertiary alicyclic amines) is 1. The molecule has 1 aliphatic rings. The fourth-order valence-electron chi connectivity index (χ4n) is 3.17. The minimum absolute atomic E-state index is 0.0298. The van der Waals surface area contributed by atoms with Crippen molar-refractivity contribution in [2.45, 2.75) is 32.2 Å². The molecule has 0 bridgehead atoms. The van der Waals surface area contributed by atoms with Gasteiger partial charge in [0.15, 0.2) is 5.76 Å². The van der Waals surface area contributed by atoms with Crippen LogP contribution < -0.4 is 10.1 Å². The molecular weight excluding hydrogens is 332 g/mol. The van der Waals surface area contributed by atoms with Crippen molar-refractivity contribution in [3.05, 3.63) is 54.0 Å². The lowest BCUT2D eigenvalue weighted by atomic mass is 10.0. The topological polar surface area (TPSA) is 71.8 Å². The number of nitrogens with one attached hydrogen (secondary N) is 1. The molecule has 2 heterocycles. The molecule has 1 aromatic carbocycles. The third kappa shape index (κ3) is 4.65. The van der Waals surface area contributed by atoms with Crippen LogP contribution in [-0.4, -0.2) is 42.5 Å². The van der Waals surface area contributed by atoms with Crippen molar-refractivity contribution in [1.82, 2.24) is 10.2 Å². The molecule has 0 saturated carbocycles. The SMILES string of the molecule is CCOc1ccc(CC(=O)NC2CCCN(C(=O)c3ccco3)C2)cc1. The number of piperidine rings is 1. The number of benzene rings is 1. The van der Waals surface area contributed by atoms with E-state index in [9.17, 15) is 9.59 Å². The molecule has 1 N–H and O–H groups in total. The summed E-state index contributed by atoms with van der Waals surface area (Å²) in [4.78, 5) is 26.4. The highest BCUT2D eigenvalue weighted by Crippen LogP contribution is 2.15. The average molecular weight is 356 g/mol. The van der Waals surface area contributed by atoms with Gasteiger partial charge in [-0.25, -0.2) is 0 Å². The summed E-state index contributed by atoms with van der Waals surface area (Å²) in [6, 6.07) is 10.9. The molecular formula is C20H24N2O4. The highest BCUT2D eigenvalue weighted by atomic mass is 16.5. The van der Waals surface area contributed by atoms with E-state index in [1.165, 1.54) is 6.26 Å². The summed E-state index contributed by atoms with van der Waals surface area (Å²) in [7, 11) is 0. The molecule has 6 heteroatoms. The standard InChI is InChI=1S/C20H24N2O4/c1-2-25-17-9-7-15(8-10-17)13-19(23)21-16-5-3-11-22(14-16)20(24)18-6-4-12-26-18/h4,6-10,12,16H,2-3,5,11,13-14H2,1H3,(H,21,23). The molecule has 0 spiro atoms. The van der Waals surface area contributed by atoms with Crippen molar-refractivity contribution < 1.29 is 18.7 Å². The highest BCUT2D eigenvalue weighted by Gasteiger charge is 2.26. The van der Waals surface area contributed by atoms with E-state index in [2.05, 4.69) is 5.32 Å². The third-order valence-corrected chi connectivity index (χ3v) is 4.40. The smallest absolute Gasteiger partial charge is 0.289 e. The van der Waals surface area contributed by atoms with Gasteiger partial charge < -0.3 is 19.4 Å². The van der Waals surface area contributed by atoms with Crippen LogP contribution in [0.4, 0.5) is 0 Å². The number of ether oxygens (including phenoxy) is 1. The first-order valence-corrected chi connectivity index (χ1v) is 8.99. The summed E-state index contributed by atoms with van der Waals surface area (Å²) in [6.45, 7) is 3.75. The van der Waals surface area contributed by atoms with E-state index < -0.39 is 0 Å². The maximum absolute atomic E-state index is 12.4. The van der Waals surface area contributed by atoms with Crippen LogP contribution in [0.5, 0.6) is 5.75 Å². The number of carbonyl (C=O) groups is 2. The Kier molecular flexibility index (Phi) is 5.94. The van der Waals surface area contributed by atoms with Crippen LogP contribution in [-0.2, 0) is 11.2 Å². The van der Waals surface area contributed by atoms with Gasteiger partial charge in [-0.3, -0.25) is 9.59 Å². The van der Waals surface area contributed by atoms with Gasteiger partial charge in [0.2, 0.25) is 5.91 Å². The molecule has 1 aliphatic heterocycles. The Hall–Kier alpha value is -2.76. The number of nitrogens with zero attached hydrogens (tertiary/aromatic N) is 1. The van der Waals surface area contributed by atoms with Crippen molar-refractivity contribution in [2.75, 3.05) is 19.7 Å². The van der Waals surface area contributed by atoms with Crippen LogP contribution in [0.25, 0.3) is 0 Å². The van der Waals surface area contributed by atoms with Crippen LogP contribution >= 0.6 is 0 Å². The number of hydrogen-bond acceptors (Lipinski definition) is 4. The predicted octanol–water partition coefficient (Wildman–Crippen LogP) is 2.64. The zero-order valence-electron chi connectivity index (χ0n) is 14.9. The van der Waals surface area contributed by atoms with Crippen molar-refractivity contribution in [2.24, 2.45) is 0 Å². The van der Waals surface area contributed by atoms with Crippen LogP contribution in [0, 0.1) is 0 Å². The maximum atomic E-state index is 12.4. The van der Waals surface area contributed by atoms with E-state index in [0.29, 0.717) is 31.9 Å². The summed E-state index contributed by atoms with van der Waals surface area (Å²) in [5.41, 5.74) is 0.935. The van der Waals surface area contributed by atoms with Crippen LogP contribution in [0.1, 0.15) is 35.9 Å². The molecule has 3 rings (SSSR count). The first-order valence-electron chi connectivity index (χ1n) is 8.99. The van der Waals surface area contributed by atoms with Gasteiger partial charge >= 0.3 is 0 Å². The molecule has 26 heavy (non-hydrogen) atoms. The van der Waals surface area contributed by atoms with Crippen LogP contribution in [0.3, 0.4) is 0 Å². The number of carbonyl (C=O) groups excluding carboxylic acids is 2. The molecule has 1 aromatic heterocycles. The second kappa shape index (κ2) is 8.56. The van der Waals surface area contributed by atoms with Crippen molar-refractivity contribution >= 4 is 11.8 Å². The first kappa shape index (κ1) is 18.0. The van der Waals surface area contributed by atoms with E-state index in [-0.39, 0.29) is 17.9 Å². The fourth-order valence-corrected chi connectivity index (χ4v) is 3.17. The molecule has 2 amide bonds. The van der Waals surface area contributed by atoms with Crippen molar-refractivity contribution in [3.63, 3.8) is 0 Å². The Morgan fingerprint density at radius 1 is 1.27 bits per heavy atom. The Labute approximate surface area is 153 Å². The van der Waals surface area contributed by atoms with E-state index >= 15 is 0 Å². The minimum atomic E-state index is -0.125. The number of amides is 2. The third-order valence-electron chi connectivity index (χ3n) is 4.40. The largest absolute Gasteiger partial charge is 0.494 e. The number of rotatable bonds is 6. The van der Waals surface area contributed by atoms with Crippen molar-refractivity contribution in [3.8, 4) is 5.75 Å². The van der Waals surface area contributed by atoms with Crippen LogP contribution in [0.2, 0.25) is 0 Å². The summed E-state index contributed by atoms with van der Waals surface area (Å²) in [5.74, 6) is 0.981. The van der Waals surface area contributed by atoms with Gasteiger partial charge in [-0.2, -0.15) is 0 Å². The molecule has 0 aliphatic carbocycles. The predicted molar refractivity (Wildman–Crippen MR) is 97.1 cm³/mol. The monoisotopic (exact) mass is 356 g/mol. The summed E-state index contributed by atoms with van der Waals surface area (Å²) in [5, 5.41) is 3.04. The lowest BCUT2D eigenvalue weighted by Gasteiger charge is -2.32. The molecule has 1 unspecified atom stereocenters. The van der Waals surface area contributed by atoms with Gasteiger partial charge in [-0.05, 0) is 49.6 Å². The average Bonchev–Trinajstić information content (AvgIpc) is 3.18. The highest BCUT2D eigenvalue weighted by molar-refractivity contribution is 5.91. The van der Waals surface area contributed by atoms with Gasteiger partial charge in [0.1, 0.15) is 5.75 Å². The first-order chi connectivity index (χ1) is 12.7. The van der Waals surface area contributed by atoms with Gasteiger partial charge in [0.25, 0.3) is 5.91 Å². The molecule has 2 aromatic rings. The molecule has 1 saturated heterocycles. The fraction of sp³-hybridized carbons (Fsp3) is 0.400. The zero-order valence-corrected chi connectivity index (χ0v) is 14.9. The van der Waals surface area contributed by atoms with Gasteiger partial charge in [-0.1, -0.05) is 12.1 Å². The van der Waals surface area contributed by atoms with Gasteiger partial charge in [-0.15, -0.1) is 0 Å². The van der Waals surface area contributed by atoms with Gasteiger partial charge in [0, 0.05) is 19.1 Å². The lowest BCUT2D eigenvalue weighted by molar-refractivity contribution is -0.121. The number of hydrogen-bond donors (Lipinski definition) is 1. The second-order valence-electron chi connectivity index (χ2n) is 6.39. The Morgan fingerprint density at radius 3 is 2.77 bits per heavy atom. The van der Waals surface area contributed by atoms with E-state index in [1.807, 2.05) is 31.2 Å². The zero-order chi connectivity index (χ0) is 18.4. The molecule has 1 fully saturated rings. The molecule has 1 atom stereocenters. The molecule has 0 radical (unpaired) electrons. The Balaban J connectivity index is 1.51. The van der Waals surface area contributed by atoms with E-state index in [4.69, 9.17) is 9.15 Å². The summed E-state index contributed by atoms with van der Waals surface area (Å²) < 4.78 is 10.6. The Morgan fingerprint density at radius 2 is 2.08 bits per heavy atom. The van der Waals surface area contributed by atoms with Crippen LogP contribution in [0.15, 0.2) is 47.1 Å². The maximum Gasteiger partial charge on any atom is 0.289 e. The van der Waals surface area contributed by atoms with Crippen molar-refractivity contribution in [1.29, 1.82) is 0 Å². The summed E-state index contributed by atoms with van der Waals surface area (Å²) >= 11 is 0. The minimum Gasteiger partial charge on any atom is -0.494 e. The summed E-state index contributed by atoms with van der Waals surface area (Å²) in [6.07, 6.45) is 3.54. The quantitative estimate of drug-likeness (QED) is 0.864. The number of furan rings is 1. The molecule has 138 valence electrons. The normalized spacial score (nSPS) is 17.0. The molecule has 6 nitrogen and oxygen atoms in total. The lowest BCUT2D eigenvalue weighted by Crippen LogP contribution is -2.49.